The number of aromatic nitrogens is 2. The molecular weight excluding hydrogens is 408 g/mol. The van der Waals surface area contributed by atoms with Crippen LogP contribution in [0.25, 0.3) is 0 Å². The summed E-state index contributed by atoms with van der Waals surface area (Å²) in [6, 6.07) is 0.904. The number of aryl methyl sites for hydroxylation is 1. The Morgan fingerprint density at radius 3 is 2.59 bits per heavy atom. The Hall–Kier alpha value is -1.96. The quantitative estimate of drug-likeness (QED) is 0.691. The van der Waals surface area contributed by atoms with Crippen LogP contribution < -0.4 is 0 Å². The average Bonchev–Trinajstić information content (AvgIpc) is 3.25. The van der Waals surface area contributed by atoms with E-state index >= 15 is 0 Å². The van der Waals surface area contributed by atoms with Crippen molar-refractivity contribution >= 4 is 12.4 Å². The maximum atomic E-state index is 13.0. The second-order valence-corrected chi connectivity index (χ2v) is 10.1. The zero-order valence-corrected chi connectivity index (χ0v) is 19.3. The zero-order chi connectivity index (χ0) is 22.5. The van der Waals surface area contributed by atoms with E-state index in [1.165, 1.54) is 51.4 Å². The van der Waals surface area contributed by atoms with Crippen LogP contribution in [0.4, 0.5) is 0 Å². The molecule has 5 rings (SSSR count). The lowest BCUT2D eigenvalue weighted by atomic mass is 9.69. The highest BCUT2D eigenvalue weighted by molar-refractivity contribution is 5.78. The Labute approximate surface area is 190 Å². The number of hydrogen-bond acceptors (Lipinski definition) is 6. The predicted octanol–water partition coefficient (Wildman–Crippen LogP) is 3.50. The topological polar surface area (TPSA) is 99.8 Å². The van der Waals surface area contributed by atoms with Crippen LogP contribution in [-0.4, -0.2) is 62.6 Å². The van der Waals surface area contributed by atoms with E-state index in [1.807, 2.05) is 0 Å². The summed E-state index contributed by atoms with van der Waals surface area (Å²) < 4.78 is 5.49. The summed E-state index contributed by atoms with van der Waals surface area (Å²) in [5.41, 5.74) is 0. The summed E-state index contributed by atoms with van der Waals surface area (Å²) in [6.07, 6.45) is 13.3. The van der Waals surface area contributed by atoms with Gasteiger partial charge in [0.2, 0.25) is 11.8 Å². The number of carbonyl (C=O) groups is 2. The van der Waals surface area contributed by atoms with Crippen molar-refractivity contribution in [1.82, 2.24) is 19.9 Å². The van der Waals surface area contributed by atoms with Crippen LogP contribution >= 0.6 is 0 Å². The summed E-state index contributed by atoms with van der Waals surface area (Å²) in [6.45, 7) is 4.69. The first-order valence-electron chi connectivity index (χ1n) is 12.6. The fourth-order valence-corrected chi connectivity index (χ4v) is 6.76. The lowest BCUT2D eigenvalue weighted by Crippen LogP contribution is -2.65. The van der Waals surface area contributed by atoms with Crippen LogP contribution in [0.1, 0.15) is 82.8 Å². The van der Waals surface area contributed by atoms with Gasteiger partial charge in [0.1, 0.15) is 0 Å². The molecule has 1 amide bonds. The molecule has 2 bridgehead atoms. The van der Waals surface area contributed by atoms with Crippen molar-refractivity contribution < 1.29 is 19.2 Å². The molecule has 1 saturated carbocycles. The van der Waals surface area contributed by atoms with E-state index in [0.717, 1.165) is 56.5 Å². The van der Waals surface area contributed by atoms with Crippen molar-refractivity contribution in [2.75, 3.05) is 13.1 Å². The van der Waals surface area contributed by atoms with Crippen LogP contribution in [0.2, 0.25) is 0 Å². The highest BCUT2D eigenvalue weighted by atomic mass is 16.5. The first-order valence-corrected chi connectivity index (χ1v) is 12.6. The Bertz CT molecular complexity index is 763. The summed E-state index contributed by atoms with van der Waals surface area (Å²) in [7, 11) is 0. The predicted molar refractivity (Wildman–Crippen MR) is 119 cm³/mol. The van der Waals surface area contributed by atoms with Gasteiger partial charge in [-0.05, 0) is 43.4 Å². The molecule has 0 aromatic carbocycles. The molecule has 4 atom stereocenters. The number of amides is 1. The Balaban J connectivity index is 0.000000775. The number of fused-ring (bicyclic) bond motifs is 4. The van der Waals surface area contributed by atoms with E-state index in [1.54, 1.807) is 0 Å². The first kappa shape index (κ1) is 23.2. The third-order valence-corrected chi connectivity index (χ3v) is 8.06. The van der Waals surface area contributed by atoms with Gasteiger partial charge < -0.3 is 14.5 Å². The molecule has 3 aliphatic heterocycles. The van der Waals surface area contributed by atoms with Gasteiger partial charge in [0.25, 0.3) is 6.47 Å². The third kappa shape index (κ3) is 5.16. The lowest BCUT2D eigenvalue weighted by molar-refractivity contribution is -0.154. The number of likely N-dealkylation sites (tertiary alicyclic amines) is 1. The minimum absolute atomic E-state index is 0.250. The van der Waals surface area contributed by atoms with E-state index in [2.05, 4.69) is 26.9 Å². The van der Waals surface area contributed by atoms with Crippen LogP contribution in [0.15, 0.2) is 4.52 Å². The highest BCUT2D eigenvalue weighted by Crippen LogP contribution is 2.44. The molecule has 1 N–H and O–H groups in total. The Morgan fingerprint density at radius 1 is 1.12 bits per heavy atom. The summed E-state index contributed by atoms with van der Waals surface area (Å²) in [5.74, 6) is 4.02. The van der Waals surface area contributed by atoms with Gasteiger partial charge in [-0.3, -0.25) is 14.5 Å². The maximum Gasteiger partial charge on any atom is 0.290 e. The Kier molecular flexibility index (Phi) is 7.81. The molecule has 0 spiro atoms. The smallest absolute Gasteiger partial charge is 0.290 e. The number of rotatable bonds is 5. The molecule has 8 nitrogen and oxygen atoms in total. The van der Waals surface area contributed by atoms with Crippen molar-refractivity contribution in [2.45, 2.75) is 96.2 Å². The molecule has 32 heavy (non-hydrogen) atoms. The van der Waals surface area contributed by atoms with Crippen molar-refractivity contribution in [3.05, 3.63) is 11.7 Å². The zero-order valence-electron chi connectivity index (χ0n) is 19.3. The normalized spacial score (nSPS) is 30.9. The number of hydrogen-bond donors (Lipinski definition) is 1. The average molecular weight is 447 g/mol. The SMILES string of the molecule is CCc1noc(CN2C[C@H]3C[C@@H](C2)[C@H](CC2CCCCC2)N2C(=O)CCC[C@@H]32)n1.O=CO. The molecule has 0 radical (unpaired) electrons. The van der Waals surface area contributed by atoms with Crippen LogP contribution in [0.3, 0.4) is 0 Å². The minimum Gasteiger partial charge on any atom is -0.483 e. The lowest BCUT2D eigenvalue weighted by Gasteiger charge is -2.57. The van der Waals surface area contributed by atoms with Crippen LogP contribution in [0.5, 0.6) is 0 Å². The molecule has 3 saturated heterocycles. The van der Waals surface area contributed by atoms with Crippen molar-refractivity contribution in [3.63, 3.8) is 0 Å². The number of nitrogens with zero attached hydrogens (tertiary/aromatic N) is 4. The van der Waals surface area contributed by atoms with Crippen molar-refractivity contribution in [3.8, 4) is 0 Å². The number of carboxylic acid groups (broad SMARTS) is 1. The summed E-state index contributed by atoms with van der Waals surface area (Å²) in [5, 5.41) is 11.0. The van der Waals surface area contributed by atoms with E-state index in [0.29, 0.717) is 29.8 Å². The molecule has 178 valence electrons. The van der Waals surface area contributed by atoms with Crippen molar-refractivity contribution in [1.29, 1.82) is 0 Å². The second-order valence-electron chi connectivity index (χ2n) is 10.1. The molecule has 1 aromatic heterocycles. The molecular formula is C24H38N4O4. The molecule has 8 heteroatoms. The van der Waals surface area contributed by atoms with Crippen LogP contribution in [-0.2, 0) is 22.6 Å². The molecule has 0 unspecified atom stereocenters. The van der Waals surface area contributed by atoms with Gasteiger partial charge in [-0.15, -0.1) is 0 Å². The monoisotopic (exact) mass is 446 g/mol. The summed E-state index contributed by atoms with van der Waals surface area (Å²) >= 11 is 0. The standard InChI is InChI=1S/C23H36N4O2.CH2O2/c1-2-21-24-22(29-25-21)15-26-13-17-12-18(14-26)20(11-16-7-4-3-5-8-16)27-19(17)9-6-10-23(27)28;2-1-3/h16-20H,2-15H2,1H3;1H,(H,2,3)/t17-,18+,19+,20+;/m1./s1. The molecule has 4 aliphatic rings. The molecule has 1 aromatic rings. The molecule has 4 heterocycles. The fraction of sp³-hybridized carbons (Fsp3) is 0.833. The van der Waals surface area contributed by atoms with E-state index in [-0.39, 0.29) is 6.47 Å². The summed E-state index contributed by atoms with van der Waals surface area (Å²) in [4.78, 5) is 30.8. The largest absolute Gasteiger partial charge is 0.483 e. The van der Waals surface area contributed by atoms with Gasteiger partial charge in [0.05, 0.1) is 6.54 Å². The highest BCUT2D eigenvalue weighted by Gasteiger charge is 2.49. The minimum atomic E-state index is -0.250. The van der Waals surface area contributed by atoms with E-state index in [4.69, 9.17) is 14.4 Å². The maximum absolute atomic E-state index is 13.0. The van der Waals surface area contributed by atoms with Crippen LogP contribution in [0, 0.1) is 17.8 Å². The third-order valence-electron chi connectivity index (χ3n) is 8.06. The number of carbonyl (C=O) groups excluding carboxylic acids is 1. The van der Waals surface area contributed by atoms with Gasteiger partial charge in [0, 0.05) is 38.0 Å². The Morgan fingerprint density at radius 2 is 1.88 bits per heavy atom. The van der Waals surface area contributed by atoms with Gasteiger partial charge in [-0.1, -0.05) is 44.2 Å². The van der Waals surface area contributed by atoms with Gasteiger partial charge >= 0.3 is 0 Å². The second kappa shape index (κ2) is 10.8. The van der Waals surface area contributed by atoms with E-state index in [9.17, 15) is 4.79 Å². The fourth-order valence-electron chi connectivity index (χ4n) is 6.76. The van der Waals surface area contributed by atoms with E-state index < -0.39 is 0 Å². The first-order chi connectivity index (χ1) is 15.6. The number of piperidine rings is 3. The van der Waals surface area contributed by atoms with Gasteiger partial charge in [-0.2, -0.15) is 4.98 Å². The molecule has 4 fully saturated rings. The van der Waals surface area contributed by atoms with Gasteiger partial charge in [0.15, 0.2) is 5.82 Å². The van der Waals surface area contributed by atoms with Gasteiger partial charge in [-0.25, -0.2) is 0 Å². The molecule has 1 aliphatic carbocycles. The van der Waals surface area contributed by atoms with Crippen molar-refractivity contribution in [2.24, 2.45) is 17.8 Å².